The molecule has 0 aromatic rings. The van der Waals surface area contributed by atoms with Gasteiger partial charge in [-0.1, -0.05) is 39.3 Å². The van der Waals surface area contributed by atoms with Crippen LogP contribution in [0, 0.1) is 56.0 Å². The van der Waals surface area contributed by atoms with E-state index < -0.39 is 16.1 Å². The minimum absolute atomic E-state index is 0. The van der Waals surface area contributed by atoms with Crippen LogP contribution in [0.25, 0.3) is 0 Å². The Labute approximate surface area is 157 Å². The average molecular weight is 510 g/mol. The minimum atomic E-state index is -1.07. The Bertz CT molecular complexity index is 234. The molecular formula is C19H33IrSi2. The Hall–Kier alpha value is 1.08. The summed E-state index contributed by atoms with van der Waals surface area (Å²) < 4.78 is 0. The fourth-order valence-corrected chi connectivity index (χ4v) is 4.72. The first kappa shape index (κ1) is 23.1. The van der Waals surface area contributed by atoms with Crippen LogP contribution in [0.5, 0.6) is 0 Å². The Morgan fingerprint density at radius 1 is 0.591 bits per heavy atom. The zero-order valence-electron chi connectivity index (χ0n) is 15.2. The van der Waals surface area contributed by atoms with Gasteiger partial charge >= 0.3 is 0 Å². The topological polar surface area (TPSA) is 0 Å². The smallest absolute Gasteiger partial charge is 0.0516 e. The maximum atomic E-state index is 2.46. The van der Waals surface area contributed by atoms with E-state index in [1.807, 2.05) is 0 Å². The molecule has 0 unspecified atom stereocenters. The first-order valence-electron chi connectivity index (χ1n) is 8.29. The van der Waals surface area contributed by atoms with Gasteiger partial charge in [0, 0.05) is 20.1 Å². The fourth-order valence-electron chi connectivity index (χ4n) is 2.23. The maximum Gasteiger partial charge on any atom is 0.0516 e. The van der Waals surface area contributed by atoms with E-state index in [9.17, 15) is 0 Å². The summed E-state index contributed by atoms with van der Waals surface area (Å²) in [5.74, 6) is 0. The van der Waals surface area contributed by atoms with E-state index in [0.717, 1.165) is 0 Å². The van der Waals surface area contributed by atoms with Gasteiger partial charge in [-0.3, -0.25) is 0 Å². The van der Waals surface area contributed by atoms with Crippen LogP contribution in [0.3, 0.4) is 0 Å². The number of hydrogen-bond acceptors (Lipinski definition) is 0. The van der Waals surface area contributed by atoms with E-state index in [2.05, 4.69) is 84.2 Å². The second-order valence-electron chi connectivity index (χ2n) is 7.99. The Balaban J connectivity index is 0.000000423. The second-order valence-corrected chi connectivity index (χ2v) is 18.1. The fraction of sp³-hybridized carbons (Fsp3) is 0.526. The van der Waals surface area contributed by atoms with Crippen LogP contribution >= 0.6 is 0 Å². The third-order valence-corrected chi connectivity index (χ3v) is 7.90. The van der Waals surface area contributed by atoms with Gasteiger partial charge in [0.15, 0.2) is 0 Å². The molecule has 2 fully saturated rings. The molecule has 22 heavy (non-hydrogen) atoms. The summed E-state index contributed by atoms with van der Waals surface area (Å²) in [6.07, 6.45) is 21.2. The van der Waals surface area contributed by atoms with Crippen LogP contribution < -0.4 is 0 Å². The van der Waals surface area contributed by atoms with E-state index >= 15 is 0 Å². The molecule has 0 bridgehead atoms. The molecule has 0 aliphatic heterocycles. The molecule has 0 N–H and O–H groups in total. The van der Waals surface area contributed by atoms with Crippen LogP contribution in [0.1, 0.15) is 25.7 Å². The quantitative estimate of drug-likeness (QED) is 0.407. The predicted octanol–water partition coefficient (Wildman–Crippen LogP) is 5.89. The van der Waals surface area contributed by atoms with Crippen LogP contribution in [-0.2, 0) is 20.1 Å². The molecule has 126 valence electrons. The summed E-state index contributed by atoms with van der Waals surface area (Å²) in [4.78, 5) is 0. The van der Waals surface area contributed by atoms with Gasteiger partial charge in [0.1, 0.15) is 0 Å². The van der Waals surface area contributed by atoms with E-state index in [0.29, 0.717) is 0 Å². The van der Waals surface area contributed by atoms with Gasteiger partial charge in [0.05, 0.1) is 16.1 Å². The monoisotopic (exact) mass is 510 g/mol. The summed E-state index contributed by atoms with van der Waals surface area (Å²) in [6.45, 7) is 14.5. The van der Waals surface area contributed by atoms with Crippen molar-refractivity contribution in [2.24, 2.45) is 0 Å². The molecular weight excluding hydrogens is 477 g/mol. The summed E-state index contributed by atoms with van der Waals surface area (Å²) in [5, 5.41) is 0. The van der Waals surface area contributed by atoms with Crippen molar-refractivity contribution >= 4 is 16.1 Å². The van der Waals surface area contributed by atoms with Crippen molar-refractivity contribution in [2.45, 2.75) is 65.0 Å². The van der Waals surface area contributed by atoms with E-state index in [4.69, 9.17) is 0 Å². The Kier molecular flexibility index (Phi) is 11.4. The molecule has 10 radical (unpaired) electrons. The molecule has 2 aliphatic rings. The summed E-state index contributed by atoms with van der Waals surface area (Å²) in [5.41, 5.74) is 3.23. The normalized spacial score (nSPS) is 22.1. The van der Waals surface area contributed by atoms with Crippen molar-refractivity contribution in [3.63, 3.8) is 0 Å². The van der Waals surface area contributed by atoms with Gasteiger partial charge in [0.2, 0.25) is 0 Å². The van der Waals surface area contributed by atoms with Crippen LogP contribution in [0.15, 0.2) is 0 Å². The summed E-state index contributed by atoms with van der Waals surface area (Å²) >= 11 is 0. The van der Waals surface area contributed by atoms with Crippen LogP contribution in [-0.4, -0.2) is 16.1 Å². The van der Waals surface area contributed by atoms with E-state index in [-0.39, 0.29) is 20.1 Å². The zero-order valence-corrected chi connectivity index (χ0v) is 19.6. The van der Waals surface area contributed by atoms with Crippen molar-refractivity contribution in [3.05, 3.63) is 56.0 Å². The average Bonchev–Trinajstić information content (AvgIpc) is 2.76. The van der Waals surface area contributed by atoms with Gasteiger partial charge in [-0.25, -0.2) is 0 Å². The van der Waals surface area contributed by atoms with Crippen LogP contribution in [0.4, 0.5) is 0 Å². The van der Waals surface area contributed by atoms with Gasteiger partial charge in [-0.2, -0.15) is 0 Å². The minimum Gasteiger partial charge on any atom is -0.0691 e. The molecule has 3 heteroatoms. The first-order valence-corrected chi connectivity index (χ1v) is 15.3. The van der Waals surface area contributed by atoms with Gasteiger partial charge in [-0.15, -0.1) is 0 Å². The first-order chi connectivity index (χ1) is 9.71. The molecule has 2 saturated carbocycles. The molecule has 0 aromatic heterocycles. The molecule has 2 rings (SSSR count). The van der Waals surface area contributed by atoms with E-state index in [1.165, 1.54) is 25.7 Å². The zero-order chi connectivity index (χ0) is 15.9. The number of rotatable bonds is 2. The largest absolute Gasteiger partial charge is 0.0691 e. The third-order valence-electron chi connectivity index (χ3n) is 3.82. The van der Waals surface area contributed by atoms with Crippen molar-refractivity contribution < 1.29 is 20.1 Å². The molecule has 2 aliphatic carbocycles. The Morgan fingerprint density at radius 2 is 0.864 bits per heavy atom. The second kappa shape index (κ2) is 10.8. The molecule has 0 saturated heterocycles. The molecule has 0 nitrogen and oxygen atoms in total. The van der Waals surface area contributed by atoms with Crippen LogP contribution in [0.2, 0.25) is 39.3 Å². The van der Waals surface area contributed by atoms with Gasteiger partial charge in [-0.05, 0) is 81.7 Å². The van der Waals surface area contributed by atoms with E-state index in [1.54, 1.807) is 11.1 Å². The SMILES string of the molecule is C[Si](C)(C)[C]1[CH][CH][C]([Si](C)(C)C)[CH]1.[CH]1[CH]CC[CH][CH]CC1.[Ir]. The van der Waals surface area contributed by atoms with Gasteiger partial charge < -0.3 is 0 Å². The number of hydrogen-bond donors (Lipinski definition) is 0. The molecule has 0 aromatic carbocycles. The van der Waals surface area contributed by atoms with Crippen molar-refractivity contribution in [1.29, 1.82) is 0 Å². The maximum absolute atomic E-state index is 2.46. The molecule has 0 atom stereocenters. The standard InChI is InChI=1S/C11H21Si2.C8H12.Ir/c1-12(2,3)10-7-8-11(9-10)13(4,5)6;1-2-4-6-8-7-5-3-1;/h7-9H,1-6H3;1-2,7-8H,3-6H2;. The van der Waals surface area contributed by atoms with Crippen molar-refractivity contribution in [1.82, 2.24) is 0 Å². The predicted molar refractivity (Wildman–Crippen MR) is 102 cm³/mol. The summed E-state index contributed by atoms with van der Waals surface area (Å²) in [6, 6.07) is 0. The van der Waals surface area contributed by atoms with Gasteiger partial charge in [0.25, 0.3) is 0 Å². The molecule has 0 heterocycles. The Morgan fingerprint density at radius 3 is 1.05 bits per heavy atom. The summed E-state index contributed by atoms with van der Waals surface area (Å²) in [7, 11) is -2.14. The van der Waals surface area contributed by atoms with Crippen molar-refractivity contribution in [2.75, 3.05) is 0 Å². The molecule has 0 amide bonds. The third kappa shape index (κ3) is 9.40. The molecule has 0 spiro atoms. The van der Waals surface area contributed by atoms with Crippen molar-refractivity contribution in [3.8, 4) is 0 Å².